The predicted octanol–water partition coefficient (Wildman–Crippen LogP) is 2.45. The monoisotopic (exact) mass is 262 g/mol. The van der Waals surface area contributed by atoms with Crippen LogP contribution < -0.4 is 5.32 Å². The van der Waals surface area contributed by atoms with Gasteiger partial charge in [0.05, 0.1) is 5.56 Å². The molecule has 0 saturated carbocycles. The Balaban J connectivity index is 2.09. The van der Waals surface area contributed by atoms with Crippen LogP contribution in [0.1, 0.15) is 29.3 Å². The molecule has 104 valence electrons. The number of aryl methyl sites for hydroxylation is 1. The molecular weight excluding hydrogens is 240 g/mol. The third-order valence-corrected chi connectivity index (χ3v) is 3.92. The normalized spacial score (nSPS) is 24.2. The number of carbonyl (C=O) groups is 1. The Bertz CT molecular complexity index is 473. The summed E-state index contributed by atoms with van der Waals surface area (Å²) in [5.41, 5.74) is 2.39. The van der Waals surface area contributed by atoms with E-state index in [0.717, 1.165) is 30.8 Å². The van der Waals surface area contributed by atoms with Crippen LogP contribution in [0.3, 0.4) is 0 Å². The number of rotatable bonds is 3. The van der Waals surface area contributed by atoms with Crippen molar-refractivity contribution in [3.05, 3.63) is 29.3 Å². The zero-order valence-electron chi connectivity index (χ0n) is 11.8. The number of nitrogens with one attached hydrogen (secondary N) is 1. The van der Waals surface area contributed by atoms with Crippen LogP contribution >= 0.6 is 0 Å². The highest BCUT2D eigenvalue weighted by atomic mass is 16.4. The number of aromatic carboxylic acids is 1. The smallest absolute Gasteiger partial charge is 0.335 e. The molecule has 1 aliphatic heterocycles. The zero-order chi connectivity index (χ0) is 14.0. The molecule has 0 amide bonds. The third-order valence-electron chi connectivity index (χ3n) is 3.92. The molecular formula is C15H22N2O2. The molecule has 0 aromatic heterocycles. The summed E-state index contributed by atoms with van der Waals surface area (Å²) in [7, 11) is 2.15. The Morgan fingerprint density at radius 2 is 2.21 bits per heavy atom. The number of benzene rings is 1. The molecule has 0 aliphatic carbocycles. The van der Waals surface area contributed by atoms with Crippen LogP contribution in [0.25, 0.3) is 0 Å². The third kappa shape index (κ3) is 3.26. The maximum atomic E-state index is 10.9. The summed E-state index contributed by atoms with van der Waals surface area (Å²) >= 11 is 0. The highest BCUT2D eigenvalue weighted by Gasteiger charge is 2.24. The van der Waals surface area contributed by atoms with E-state index in [1.807, 2.05) is 13.0 Å². The molecule has 4 heteroatoms. The Morgan fingerprint density at radius 1 is 1.47 bits per heavy atom. The van der Waals surface area contributed by atoms with Gasteiger partial charge in [0.25, 0.3) is 0 Å². The number of likely N-dealkylation sites (tertiary alicyclic amines) is 1. The molecule has 1 aromatic carbocycles. The molecule has 1 fully saturated rings. The number of anilines is 1. The Morgan fingerprint density at radius 3 is 2.79 bits per heavy atom. The summed E-state index contributed by atoms with van der Waals surface area (Å²) in [5, 5.41) is 12.5. The van der Waals surface area contributed by atoms with Gasteiger partial charge in [0.1, 0.15) is 0 Å². The predicted molar refractivity (Wildman–Crippen MR) is 76.8 cm³/mol. The van der Waals surface area contributed by atoms with Crippen molar-refractivity contribution in [2.45, 2.75) is 26.3 Å². The maximum absolute atomic E-state index is 10.9. The van der Waals surface area contributed by atoms with E-state index in [4.69, 9.17) is 5.11 Å². The molecule has 2 rings (SSSR count). The number of carboxylic acids is 1. The van der Waals surface area contributed by atoms with Gasteiger partial charge in [-0.1, -0.05) is 6.92 Å². The fourth-order valence-electron chi connectivity index (χ4n) is 2.73. The maximum Gasteiger partial charge on any atom is 0.335 e. The van der Waals surface area contributed by atoms with Crippen molar-refractivity contribution >= 4 is 11.7 Å². The van der Waals surface area contributed by atoms with E-state index in [1.165, 1.54) is 0 Å². The lowest BCUT2D eigenvalue weighted by molar-refractivity contribution is 0.0697. The number of piperidine rings is 1. The number of hydrogen-bond donors (Lipinski definition) is 2. The fraction of sp³-hybridized carbons (Fsp3) is 0.533. The molecule has 2 N–H and O–H groups in total. The standard InChI is InChI=1S/C15H22N2O2/c1-10-8-12(15(18)19)4-5-13(10)16-14-6-7-17(3)9-11(14)2/h4-5,8,11,14,16H,6-7,9H2,1-3H3,(H,18,19). The minimum absolute atomic E-state index is 0.347. The van der Waals surface area contributed by atoms with E-state index >= 15 is 0 Å². The first-order chi connectivity index (χ1) is 8.97. The first-order valence-electron chi connectivity index (χ1n) is 6.76. The van der Waals surface area contributed by atoms with Crippen LogP contribution in [-0.4, -0.2) is 42.2 Å². The highest BCUT2D eigenvalue weighted by molar-refractivity contribution is 5.88. The van der Waals surface area contributed by atoms with Gasteiger partial charge in [-0.15, -0.1) is 0 Å². The lowest BCUT2D eigenvalue weighted by Gasteiger charge is -2.36. The van der Waals surface area contributed by atoms with Gasteiger partial charge >= 0.3 is 5.97 Å². The number of nitrogens with zero attached hydrogens (tertiary/aromatic N) is 1. The Hall–Kier alpha value is -1.55. The van der Waals surface area contributed by atoms with Crippen LogP contribution in [0, 0.1) is 12.8 Å². The SMILES string of the molecule is Cc1cc(C(=O)O)ccc1NC1CCN(C)CC1C. The van der Waals surface area contributed by atoms with Crippen LogP contribution in [0.5, 0.6) is 0 Å². The largest absolute Gasteiger partial charge is 0.478 e. The van der Waals surface area contributed by atoms with Crippen molar-refractivity contribution in [2.24, 2.45) is 5.92 Å². The first kappa shape index (κ1) is 13.9. The number of hydrogen-bond acceptors (Lipinski definition) is 3. The van der Waals surface area contributed by atoms with Gasteiger partial charge in [0.15, 0.2) is 0 Å². The molecule has 1 saturated heterocycles. The van der Waals surface area contributed by atoms with Gasteiger partial charge in [-0.2, -0.15) is 0 Å². The van der Waals surface area contributed by atoms with Crippen molar-refractivity contribution < 1.29 is 9.90 Å². The molecule has 0 radical (unpaired) electrons. The minimum Gasteiger partial charge on any atom is -0.478 e. The van der Waals surface area contributed by atoms with Gasteiger partial charge < -0.3 is 15.3 Å². The molecule has 0 spiro atoms. The molecule has 1 aromatic rings. The summed E-state index contributed by atoms with van der Waals surface area (Å²) in [6.45, 7) is 6.42. The lowest BCUT2D eigenvalue weighted by atomic mass is 9.93. The molecule has 0 bridgehead atoms. The van der Waals surface area contributed by atoms with Gasteiger partial charge in [0, 0.05) is 18.3 Å². The van der Waals surface area contributed by atoms with E-state index in [-0.39, 0.29) is 0 Å². The Kier molecular flexibility index (Phi) is 4.10. The summed E-state index contributed by atoms with van der Waals surface area (Å²) in [6, 6.07) is 5.73. The van der Waals surface area contributed by atoms with Crippen LogP contribution in [-0.2, 0) is 0 Å². The zero-order valence-corrected chi connectivity index (χ0v) is 11.8. The number of carboxylic acid groups (broad SMARTS) is 1. The first-order valence-corrected chi connectivity index (χ1v) is 6.76. The average Bonchev–Trinajstić information content (AvgIpc) is 2.34. The van der Waals surface area contributed by atoms with Gasteiger partial charge in [-0.3, -0.25) is 0 Å². The Labute approximate surface area is 114 Å². The summed E-state index contributed by atoms with van der Waals surface area (Å²) < 4.78 is 0. The van der Waals surface area contributed by atoms with E-state index in [0.29, 0.717) is 17.5 Å². The second-order valence-electron chi connectivity index (χ2n) is 5.61. The topological polar surface area (TPSA) is 52.6 Å². The molecule has 1 heterocycles. The quantitative estimate of drug-likeness (QED) is 0.878. The van der Waals surface area contributed by atoms with Crippen molar-refractivity contribution in [2.75, 3.05) is 25.5 Å². The molecule has 2 unspecified atom stereocenters. The van der Waals surface area contributed by atoms with Gasteiger partial charge in [-0.25, -0.2) is 4.79 Å². The van der Waals surface area contributed by atoms with E-state index in [2.05, 4.69) is 24.2 Å². The molecule has 19 heavy (non-hydrogen) atoms. The molecule has 1 aliphatic rings. The fourth-order valence-corrected chi connectivity index (χ4v) is 2.73. The summed E-state index contributed by atoms with van der Waals surface area (Å²) in [6.07, 6.45) is 1.12. The van der Waals surface area contributed by atoms with Crippen molar-refractivity contribution in [3.8, 4) is 0 Å². The molecule has 2 atom stereocenters. The lowest BCUT2D eigenvalue weighted by Crippen LogP contribution is -2.43. The summed E-state index contributed by atoms with van der Waals surface area (Å²) in [4.78, 5) is 13.3. The van der Waals surface area contributed by atoms with Gasteiger partial charge in [0.2, 0.25) is 0 Å². The summed E-state index contributed by atoms with van der Waals surface area (Å²) in [5.74, 6) is -0.278. The highest BCUT2D eigenvalue weighted by Crippen LogP contribution is 2.23. The van der Waals surface area contributed by atoms with Crippen LogP contribution in [0.2, 0.25) is 0 Å². The average molecular weight is 262 g/mol. The minimum atomic E-state index is -0.873. The van der Waals surface area contributed by atoms with E-state index < -0.39 is 5.97 Å². The van der Waals surface area contributed by atoms with Gasteiger partial charge in [-0.05, 0) is 56.6 Å². The van der Waals surface area contributed by atoms with Crippen molar-refractivity contribution in [1.29, 1.82) is 0 Å². The van der Waals surface area contributed by atoms with Crippen LogP contribution in [0.15, 0.2) is 18.2 Å². The van der Waals surface area contributed by atoms with Crippen LogP contribution in [0.4, 0.5) is 5.69 Å². The van der Waals surface area contributed by atoms with E-state index in [1.54, 1.807) is 12.1 Å². The second kappa shape index (κ2) is 5.61. The van der Waals surface area contributed by atoms with Crippen molar-refractivity contribution in [1.82, 2.24) is 4.90 Å². The van der Waals surface area contributed by atoms with E-state index in [9.17, 15) is 4.79 Å². The molecule has 4 nitrogen and oxygen atoms in total. The van der Waals surface area contributed by atoms with Crippen molar-refractivity contribution in [3.63, 3.8) is 0 Å². The second-order valence-corrected chi connectivity index (χ2v) is 5.61.